The number of nitrogens with zero attached hydrogens (tertiary/aromatic N) is 1. The van der Waals surface area contributed by atoms with Crippen molar-refractivity contribution in [2.24, 2.45) is 0 Å². The van der Waals surface area contributed by atoms with Crippen LogP contribution in [-0.4, -0.2) is 36.6 Å². The van der Waals surface area contributed by atoms with Gasteiger partial charge in [-0.25, -0.2) is 0 Å². The fraction of sp³-hybridized carbons (Fsp3) is 0.846. The van der Waals surface area contributed by atoms with E-state index < -0.39 is 0 Å². The van der Waals surface area contributed by atoms with Gasteiger partial charge in [0.1, 0.15) is 0 Å². The fourth-order valence-electron chi connectivity index (χ4n) is 2.64. The Kier molecular flexibility index (Phi) is 5.75. The lowest BCUT2D eigenvalue weighted by atomic mass is 10.1. The Morgan fingerprint density at radius 1 is 1.47 bits per heavy atom. The molecule has 1 N–H and O–H groups in total. The summed E-state index contributed by atoms with van der Waals surface area (Å²) in [4.78, 5) is 2.62. The molecule has 1 rings (SSSR count). The molecule has 1 aliphatic rings. The summed E-state index contributed by atoms with van der Waals surface area (Å²) in [5, 5.41) is 3.30. The minimum atomic E-state index is 0.603. The number of terminal acetylenes is 1. The van der Waals surface area contributed by atoms with E-state index in [0.29, 0.717) is 12.6 Å². The third-order valence-corrected chi connectivity index (χ3v) is 3.39. The van der Waals surface area contributed by atoms with Crippen LogP contribution < -0.4 is 5.32 Å². The molecular weight excluding hydrogens is 184 g/mol. The van der Waals surface area contributed by atoms with E-state index in [9.17, 15) is 0 Å². The molecule has 0 aliphatic heterocycles. The van der Waals surface area contributed by atoms with Gasteiger partial charge in [-0.15, -0.1) is 6.42 Å². The van der Waals surface area contributed by atoms with Crippen LogP contribution in [0.1, 0.15) is 39.5 Å². The van der Waals surface area contributed by atoms with Crippen LogP contribution in [0.15, 0.2) is 0 Å². The van der Waals surface area contributed by atoms with Crippen molar-refractivity contribution in [3.8, 4) is 12.3 Å². The van der Waals surface area contributed by atoms with Crippen LogP contribution in [-0.2, 0) is 0 Å². The predicted octanol–water partition coefficient (Wildman–Crippen LogP) is 1.86. The predicted molar refractivity (Wildman–Crippen MR) is 65.8 cm³/mol. The van der Waals surface area contributed by atoms with Gasteiger partial charge in [0.05, 0.1) is 6.54 Å². The summed E-state index contributed by atoms with van der Waals surface area (Å²) in [6, 6.07) is 1.42. The molecule has 0 amide bonds. The molecule has 0 aromatic carbocycles. The van der Waals surface area contributed by atoms with Crippen molar-refractivity contribution in [3.05, 3.63) is 0 Å². The lowest BCUT2D eigenvalue weighted by molar-refractivity contribution is 0.152. The minimum Gasteiger partial charge on any atom is -0.305 e. The zero-order chi connectivity index (χ0) is 11.1. The fourth-order valence-corrected chi connectivity index (χ4v) is 2.64. The SMILES string of the molecule is C#CCNCC(C)N(CC)C1CCCC1. The van der Waals surface area contributed by atoms with Crippen molar-refractivity contribution < 1.29 is 0 Å². The topological polar surface area (TPSA) is 15.3 Å². The van der Waals surface area contributed by atoms with Gasteiger partial charge in [-0.3, -0.25) is 4.90 Å². The molecule has 1 saturated carbocycles. The maximum atomic E-state index is 5.22. The van der Waals surface area contributed by atoms with Crippen molar-refractivity contribution in [2.45, 2.75) is 51.6 Å². The van der Waals surface area contributed by atoms with E-state index in [0.717, 1.165) is 19.1 Å². The Labute approximate surface area is 94.4 Å². The Morgan fingerprint density at radius 3 is 2.67 bits per heavy atom. The molecule has 1 unspecified atom stereocenters. The molecule has 15 heavy (non-hydrogen) atoms. The van der Waals surface area contributed by atoms with Crippen molar-refractivity contribution in [3.63, 3.8) is 0 Å². The van der Waals surface area contributed by atoms with Crippen molar-refractivity contribution in [1.29, 1.82) is 0 Å². The van der Waals surface area contributed by atoms with Gasteiger partial charge < -0.3 is 5.32 Å². The molecule has 2 nitrogen and oxygen atoms in total. The van der Waals surface area contributed by atoms with Gasteiger partial charge in [-0.1, -0.05) is 25.7 Å². The van der Waals surface area contributed by atoms with Gasteiger partial charge in [-0.05, 0) is 26.3 Å². The number of hydrogen-bond donors (Lipinski definition) is 1. The number of rotatable bonds is 6. The molecule has 0 spiro atoms. The van der Waals surface area contributed by atoms with Crippen LogP contribution in [0.2, 0.25) is 0 Å². The van der Waals surface area contributed by atoms with Crippen LogP contribution in [0, 0.1) is 12.3 Å². The van der Waals surface area contributed by atoms with Gasteiger partial charge >= 0.3 is 0 Å². The van der Waals surface area contributed by atoms with Crippen LogP contribution in [0.5, 0.6) is 0 Å². The summed E-state index contributed by atoms with van der Waals surface area (Å²) < 4.78 is 0. The Morgan fingerprint density at radius 2 is 2.13 bits per heavy atom. The normalized spacial score (nSPS) is 19.3. The van der Waals surface area contributed by atoms with Gasteiger partial charge in [-0.2, -0.15) is 0 Å². The summed E-state index contributed by atoms with van der Waals surface area (Å²) in [5.74, 6) is 2.62. The van der Waals surface area contributed by atoms with Gasteiger partial charge in [0, 0.05) is 18.6 Å². The van der Waals surface area contributed by atoms with Crippen molar-refractivity contribution >= 4 is 0 Å². The van der Waals surface area contributed by atoms with Crippen LogP contribution in [0.25, 0.3) is 0 Å². The second-order valence-corrected chi connectivity index (χ2v) is 4.45. The first-order chi connectivity index (χ1) is 7.29. The molecule has 0 aromatic rings. The Bertz CT molecular complexity index is 201. The summed E-state index contributed by atoms with van der Waals surface area (Å²) in [6.07, 6.45) is 10.8. The van der Waals surface area contributed by atoms with E-state index in [1.807, 2.05) is 0 Å². The molecule has 0 aromatic heterocycles. The van der Waals surface area contributed by atoms with E-state index >= 15 is 0 Å². The molecule has 0 saturated heterocycles. The third kappa shape index (κ3) is 3.85. The molecule has 0 bridgehead atoms. The average Bonchev–Trinajstić information content (AvgIpc) is 2.73. The average molecular weight is 208 g/mol. The summed E-state index contributed by atoms with van der Waals surface area (Å²) in [6.45, 7) is 7.41. The van der Waals surface area contributed by atoms with Crippen LogP contribution >= 0.6 is 0 Å². The zero-order valence-corrected chi connectivity index (χ0v) is 10.1. The molecule has 1 atom stereocenters. The second kappa shape index (κ2) is 6.87. The third-order valence-electron chi connectivity index (χ3n) is 3.39. The monoisotopic (exact) mass is 208 g/mol. The highest BCUT2D eigenvalue weighted by molar-refractivity contribution is 4.88. The number of nitrogens with one attached hydrogen (secondary N) is 1. The van der Waals surface area contributed by atoms with E-state index in [1.54, 1.807) is 0 Å². The van der Waals surface area contributed by atoms with E-state index in [4.69, 9.17) is 6.42 Å². The first-order valence-corrected chi connectivity index (χ1v) is 6.19. The van der Waals surface area contributed by atoms with Gasteiger partial charge in [0.15, 0.2) is 0 Å². The maximum Gasteiger partial charge on any atom is 0.0574 e. The molecule has 86 valence electrons. The maximum absolute atomic E-state index is 5.22. The quantitative estimate of drug-likeness (QED) is 0.529. The highest BCUT2D eigenvalue weighted by Crippen LogP contribution is 2.24. The smallest absolute Gasteiger partial charge is 0.0574 e. The van der Waals surface area contributed by atoms with Gasteiger partial charge in [0.2, 0.25) is 0 Å². The molecular formula is C13H24N2. The largest absolute Gasteiger partial charge is 0.305 e. The second-order valence-electron chi connectivity index (χ2n) is 4.45. The lowest BCUT2D eigenvalue weighted by Gasteiger charge is -2.33. The summed E-state index contributed by atoms with van der Waals surface area (Å²) in [7, 11) is 0. The van der Waals surface area contributed by atoms with E-state index in [-0.39, 0.29) is 0 Å². The summed E-state index contributed by atoms with van der Waals surface area (Å²) >= 11 is 0. The number of hydrogen-bond acceptors (Lipinski definition) is 2. The van der Waals surface area contributed by atoms with E-state index in [2.05, 4.69) is 30.0 Å². The highest BCUT2D eigenvalue weighted by atomic mass is 15.2. The first kappa shape index (κ1) is 12.5. The van der Waals surface area contributed by atoms with Crippen LogP contribution in [0.4, 0.5) is 0 Å². The van der Waals surface area contributed by atoms with Crippen LogP contribution in [0.3, 0.4) is 0 Å². The Balaban J connectivity index is 2.32. The Hall–Kier alpha value is -0.520. The number of likely N-dealkylation sites (N-methyl/N-ethyl adjacent to an activating group) is 1. The highest BCUT2D eigenvalue weighted by Gasteiger charge is 2.24. The van der Waals surface area contributed by atoms with E-state index in [1.165, 1.54) is 25.7 Å². The molecule has 2 heteroatoms. The summed E-state index contributed by atoms with van der Waals surface area (Å²) in [5.41, 5.74) is 0. The first-order valence-electron chi connectivity index (χ1n) is 6.19. The standard InChI is InChI=1S/C13H24N2/c1-4-10-14-11-12(3)15(5-2)13-8-6-7-9-13/h1,12-14H,5-11H2,2-3H3. The van der Waals surface area contributed by atoms with Crippen molar-refractivity contribution in [1.82, 2.24) is 10.2 Å². The minimum absolute atomic E-state index is 0.603. The van der Waals surface area contributed by atoms with Gasteiger partial charge in [0.25, 0.3) is 0 Å². The van der Waals surface area contributed by atoms with Crippen molar-refractivity contribution in [2.75, 3.05) is 19.6 Å². The molecule has 0 heterocycles. The molecule has 1 aliphatic carbocycles. The lowest BCUT2D eigenvalue weighted by Crippen LogP contribution is -2.45. The zero-order valence-electron chi connectivity index (χ0n) is 10.1. The molecule has 0 radical (unpaired) electrons. The molecule has 1 fully saturated rings.